The molecule has 1 aromatic carbocycles. The first-order chi connectivity index (χ1) is 10.6. The van der Waals surface area contributed by atoms with Gasteiger partial charge in [0.15, 0.2) is 11.5 Å². The minimum atomic E-state index is -0.708. The van der Waals surface area contributed by atoms with E-state index in [1.807, 2.05) is 6.07 Å². The second-order valence-corrected chi connectivity index (χ2v) is 5.73. The van der Waals surface area contributed by atoms with Crippen molar-refractivity contribution in [1.29, 1.82) is 0 Å². The van der Waals surface area contributed by atoms with E-state index in [1.165, 1.54) is 5.56 Å². The van der Waals surface area contributed by atoms with E-state index < -0.39 is 5.97 Å². The van der Waals surface area contributed by atoms with Gasteiger partial charge in [0, 0.05) is 6.42 Å². The maximum atomic E-state index is 10.6. The standard InChI is InChI=1S/C17H25NO4/c1-21-15-6-5-14(12-16(15)22-2)13-7-10-18(11-8-13)9-3-4-17(19)20/h5-6,12-13H,3-4,7-11H2,1-2H3,(H,19,20). The fourth-order valence-electron chi connectivity index (χ4n) is 3.05. The SMILES string of the molecule is COc1ccc(C2CCN(CCCC(=O)O)CC2)cc1OC. The van der Waals surface area contributed by atoms with Gasteiger partial charge in [0.05, 0.1) is 14.2 Å². The van der Waals surface area contributed by atoms with Crippen LogP contribution in [-0.2, 0) is 4.79 Å². The van der Waals surface area contributed by atoms with Crippen LogP contribution in [0.15, 0.2) is 18.2 Å². The molecule has 1 aromatic rings. The molecule has 5 nitrogen and oxygen atoms in total. The van der Waals surface area contributed by atoms with Gasteiger partial charge >= 0.3 is 5.97 Å². The van der Waals surface area contributed by atoms with Crippen LogP contribution in [0.1, 0.15) is 37.2 Å². The molecule has 0 spiro atoms. The zero-order valence-corrected chi connectivity index (χ0v) is 13.4. The lowest BCUT2D eigenvalue weighted by Crippen LogP contribution is -2.33. The molecule has 1 saturated heterocycles. The Labute approximate surface area is 131 Å². The molecule has 1 heterocycles. The van der Waals surface area contributed by atoms with E-state index >= 15 is 0 Å². The van der Waals surface area contributed by atoms with Gasteiger partial charge in [0.25, 0.3) is 0 Å². The summed E-state index contributed by atoms with van der Waals surface area (Å²) in [5.74, 6) is 1.37. The first-order valence-electron chi connectivity index (χ1n) is 7.80. The van der Waals surface area contributed by atoms with Crippen molar-refractivity contribution < 1.29 is 19.4 Å². The van der Waals surface area contributed by atoms with Gasteiger partial charge in [-0.15, -0.1) is 0 Å². The van der Waals surface area contributed by atoms with Gasteiger partial charge in [0.1, 0.15) is 0 Å². The van der Waals surface area contributed by atoms with Crippen LogP contribution in [0.4, 0.5) is 0 Å². The van der Waals surface area contributed by atoms with E-state index in [0.29, 0.717) is 5.92 Å². The minimum absolute atomic E-state index is 0.260. The normalized spacial score (nSPS) is 16.5. The fraction of sp³-hybridized carbons (Fsp3) is 0.588. The molecule has 0 atom stereocenters. The Morgan fingerprint density at radius 2 is 1.91 bits per heavy atom. The predicted octanol–water partition coefficient (Wildman–Crippen LogP) is 2.75. The number of methoxy groups -OCH3 is 2. The number of likely N-dealkylation sites (tertiary alicyclic amines) is 1. The zero-order chi connectivity index (χ0) is 15.9. The number of rotatable bonds is 7. The van der Waals surface area contributed by atoms with E-state index in [2.05, 4.69) is 17.0 Å². The molecule has 1 aliphatic heterocycles. The summed E-state index contributed by atoms with van der Waals surface area (Å²) in [4.78, 5) is 12.9. The topological polar surface area (TPSA) is 59.0 Å². The Morgan fingerprint density at radius 3 is 2.50 bits per heavy atom. The molecule has 0 amide bonds. The Morgan fingerprint density at radius 1 is 1.23 bits per heavy atom. The smallest absolute Gasteiger partial charge is 0.303 e. The maximum absolute atomic E-state index is 10.6. The van der Waals surface area contributed by atoms with Crippen LogP contribution in [0, 0.1) is 0 Å². The van der Waals surface area contributed by atoms with Crippen LogP contribution in [0.25, 0.3) is 0 Å². The summed E-state index contributed by atoms with van der Waals surface area (Å²) in [7, 11) is 3.31. The van der Waals surface area contributed by atoms with Gasteiger partial charge in [-0.05, 0) is 62.5 Å². The molecule has 2 rings (SSSR count). The molecule has 22 heavy (non-hydrogen) atoms. The summed E-state index contributed by atoms with van der Waals surface area (Å²) >= 11 is 0. The average molecular weight is 307 g/mol. The first kappa shape index (κ1) is 16.6. The number of benzene rings is 1. The van der Waals surface area contributed by atoms with Crippen molar-refractivity contribution in [2.45, 2.75) is 31.6 Å². The van der Waals surface area contributed by atoms with Crippen LogP contribution in [0.3, 0.4) is 0 Å². The Hall–Kier alpha value is -1.75. The Balaban J connectivity index is 1.87. The molecule has 1 fully saturated rings. The van der Waals surface area contributed by atoms with Crippen LogP contribution in [0.2, 0.25) is 0 Å². The highest BCUT2D eigenvalue weighted by Gasteiger charge is 2.21. The van der Waals surface area contributed by atoms with Crippen molar-refractivity contribution in [1.82, 2.24) is 4.90 Å². The molecule has 0 radical (unpaired) electrons. The van der Waals surface area contributed by atoms with Crippen molar-refractivity contribution in [2.24, 2.45) is 0 Å². The summed E-state index contributed by atoms with van der Waals surface area (Å²) in [6.07, 6.45) is 3.19. The van der Waals surface area contributed by atoms with Crippen LogP contribution in [-0.4, -0.2) is 49.8 Å². The first-order valence-corrected chi connectivity index (χ1v) is 7.80. The van der Waals surface area contributed by atoms with Gasteiger partial charge < -0.3 is 19.5 Å². The third-order valence-corrected chi connectivity index (χ3v) is 4.33. The van der Waals surface area contributed by atoms with Crippen molar-refractivity contribution in [3.05, 3.63) is 23.8 Å². The van der Waals surface area contributed by atoms with Gasteiger partial charge in [-0.25, -0.2) is 0 Å². The third kappa shape index (κ3) is 4.37. The molecular formula is C17H25NO4. The Kier molecular flexibility index (Phi) is 6.07. The van der Waals surface area contributed by atoms with Gasteiger partial charge in [-0.2, -0.15) is 0 Å². The number of carbonyl (C=O) groups is 1. The van der Waals surface area contributed by atoms with E-state index in [4.69, 9.17) is 14.6 Å². The number of piperidine rings is 1. The van der Waals surface area contributed by atoms with E-state index in [0.717, 1.165) is 50.4 Å². The summed E-state index contributed by atoms with van der Waals surface area (Å²) in [5.41, 5.74) is 1.29. The quantitative estimate of drug-likeness (QED) is 0.839. The molecule has 0 bridgehead atoms. The highest BCUT2D eigenvalue weighted by Crippen LogP contribution is 2.34. The molecule has 1 N–H and O–H groups in total. The average Bonchev–Trinajstić information content (AvgIpc) is 2.54. The predicted molar refractivity (Wildman–Crippen MR) is 84.8 cm³/mol. The van der Waals surface area contributed by atoms with E-state index in [9.17, 15) is 4.79 Å². The summed E-state index contributed by atoms with van der Waals surface area (Å²) < 4.78 is 10.7. The molecular weight excluding hydrogens is 282 g/mol. The van der Waals surface area contributed by atoms with Crippen molar-refractivity contribution in [3.8, 4) is 11.5 Å². The molecule has 5 heteroatoms. The molecule has 0 aliphatic carbocycles. The second kappa shape index (κ2) is 8.03. The van der Waals surface area contributed by atoms with Crippen molar-refractivity contribution in [2.75, 3.05) is 33.9 Å². The van der Waals surface area contributed by atoms with E-state index in [-0.39, 0.29) is 6.42 Å². The van der Waals surface area contributed by atoms with Crippen LogP contribution >= 0.6 is 0 Å². The summed E-state index contributed by atoms with van der Waals surface area (Å²) in [6.45, 7) is 2.93. The highest BCUT2D eigenvalue weighted by molar-refractivity contribution is 5.66. The summed E-state index contributed by atoms with van der Waals surface area (Å²) in [5, 5.41) is 8.69. The van der Waals surface area contributed by atoms with Gasteiger partial charge in [-0.1, -0.05) is 6.07 Å². The molecule has 0 unspecified atom stereocenters. The minimum Gasteiger partial charge on any atom is -0.493 e. The van der Waals surface area contributed by atoms with Crippen molar-refractivity contribution in [3.63, 3.8) is 0 Å². The molecule has 1 aliphatic rings. The number of aliphatic carboxylic acids is 1. The largest absolute Gasteiger partial charge is 0.493 e. The highest BCUT2D eigenvalue weighted by atomic mass is 16.5. The fourth-order valence-corrected chi connectivity index (χ4v) is 3.05. The van der Waals surface area contributed by atoms with Gasteiger partial charge in [0.2, 0.25) is 0 Å². The number of hydrogen-bond acceptors (Lipinski definition) is 4. The maximum Gasteiger partial charge on any atom is 0.303 e. The summed E-state index contributed by atoms with van der Waals surface area (Å²) in [6, 6.07) is 6.16. The lowest BCUT2D eigenvalue weighted by Gasteiger charge is -2.32. The molecule has 0 saturated carbocycles. The number of carboxylic acids is 1. The number of ether oxygens (including phenoxy) is 2. The van der Waals surface area contributed by atoms with Gasteiger partial charge in [-0.3, -0.25) is 4.79 Å². The van der Waals surface area contributed by atoms with Crippen LogP contribution in [0.5, 0.6) is 11.5 Å². The third-order valence-electron chi connectivity index (χ3n) is 4.33. The lowest BCUT2D eigenvalue weighted by atomic mass is 9.89. The van der Waals surface area contributed by atoms with E-state index in [1.54, 1.807) is 14.2 Å². The lowest BCUT2D eigenvalue weighted by molar-refractivity contribution is -0.137. The van der Waals surface area contributed by atoms with Crippen LogP contribution < -0.4 is 9.47 Å². The number of carboxylic acid groups (broad SMARTS) is 1. The monoisotopic (exact) mass is 307 g/mol. The molecule has 0 aromatic heterocycles. The van der Waals surface area contributed by atoms with Crippen molar-refractivity contribution >= 4 is 5.97 Å². The Bertz CT molecular complexity index is 495. The molecule has 122 valence electrons. The zero-order valence-electron chi connectivity index (χ0n) is 13.4. The second-order valence-electron chi connectivity index (χ2n) is 5.73. The number of hydrogen-bond donors (Lipinski definition) is 1. The number of nitrogens with zero attached hydrogens (tertiary/aromatic N) is 1.